The summed E-state index contributed by atoms with van der Waals surface area (Å²) in [6.45, 7) is 6.39. The van der Waals surface area contributed by atoms with Crippen LogP contribution in [0.4, 0.5) is 4.39 Å². The van der Waals surface area contributed by atoms with E-state index in [-0.39, 0.29) is 29.9 Å². The number of benzene rings is 2. The van der Waals surface area contributed by atoms with Crippen molar-refractivity contribution < 1.29 is 28.6 Å². The van der Waals surface area contributed by atoms with Gasteiger partial charge >= 0.3 is 0 Å². The van der Waals surface area contributed by atoms with Gasteiger partial charge in [-0.05, 0) is 41.3 Å². The maximum atomic E-state index is 13.5. The lowest BCUT2D eigenvalue weighted by Crippen LogP contribution is -2.32. The van der Waals surface area contributed by atoms with Gasteiger partial charge in [0.05, 0.1) is 25.3 Å². The predicted octanol–water partition coefficient (Wildman–Crippen LogP) is 4.20. The Balaban J connectivity index is 2.20. The Morgan fingerprint density at radius 2 is 1.75 bits per heavy atom. The molecule has 1 N–H and O–H groups in total. The number of hydrogen-bond donors (Lipinski definition) is 1. The summed E-state index contributed by atoms with van der Waals surface area (Å²) in [5.41, 5.74) is 1.43. The summed E-state index contributed by atoms with van der Waals surface area (Å²) in [5, 5.41) is 11.2. The number of ether oxygens (including phenoxy) is 2. The molecule has 2 aromatic carbocycles. The van der Waals surface area contributed by atoms with E-state index in [2.05, 4.69) is 0 Å². The number of carbonyl (C=O) groups excluding carboxylic acids is 2. The van der Waals surface area contributed by atoms with E-state index in [4.69, 9.17) is 9.47 Å². The van der Waals surface area contributed by atoms with E-state index in [1.165, 1.54) is 36.3 Å². The molecule has 1 aliphatic rings. The molecule has 1 unspecified atom stereocenters. The summed E-state index contributed by atoms with van der Waals surface area (Å²) in [4.78, 5) is 27.2. The molecular weight excluding hydrogens is 413 g/mol. The van der Waals surface area contributed by atoms with Crippen molar-refractivity contribution >= 4 is 17.4 Å². The van der Waals surface area contributed by atoms with Crippen LogP contribution in [0, 0.1) is 5.82 Å². The minimum atomic E-state index is -0.856. The molecule has 3 rings (SSSR count). The first kappa shape index (κ1) is 23.5. The lowest BCUT2D eigenvalue weighted by atomic mass is 9.84. The third-order valence-electron chi connectivity index (χ3n) is 5.54. The van der Waals surface area contributed by atoms with E-state index < -0.39 is 23.5 Å². The Morgan fingerprint density at radius 1 is 1.09 bits per heavy atom. The smallest absolute Gasteiger partial charge is 0.295 e. The lowest BCUT2D eigenvalue weighted by molar-refractivity contribution is -0.140. The molecule has 0 aliphatic carbocycles. The third kappa shape index (κ3) is 4.39. The molecule has 1 amide bonds. The summed E-state index contributed by atoms with van der Waals surface area (Å²) in [6, 6.07) is 9.82. The van der Waals surface area contributed by atoms with Gasteiger partial charge in [0.25, 0.3) is 11.7 Å². The Morgan fingerprint density at radius 3 is 2.31 bits per heavy atom. The second-order valence-corrected chi connectivity index (χ2v) is 8.70. The second kappa shape index (κ2) is 9.12. The number of ketones is 1. The first-order chi connectivity index (χ1) is 15.1. The molecule has 0 aromatic heterocycles. The number of halogens is 1. The summed E-state index contributed by atoms with van der Waals surface area (Å²) < 4.78 is 24.1. The molecule has 6 nitrogen and oxygen atoms in total. The van der Waals surface area contributed by atoms with Gasteiger partial charge in [-0.2, -0.15) is 0 Å². The molecule has 1 atom stereocenters. The Bertz CT molecular complexity index is 1050. The number of rotatable bonds is 6. The highest BCUT2D eigenvalue weighted by Gasteiger charge is 2.46. The van der Waals surface area contributed by atoms with Crippen molar-refractivity contribution in [2.24, 2.45) is 0 Å². The molecular formula is C25H28FNO5. The molecule has 1 saturated heterocycles. The van der Waals surface area contributed by atoms with E-state index in [0.29, 0.717) is 16.9 Å². The van der Waals surface area contributed by atoms with Crippen LogP contribution in [0.25, 0.3) is 5.76 Å². The Labute approximate surface area is 187 Å². The van der Waals surface area contributed by atoms with Crippen molar-refractivity contribution in [1.29, 1.82) is 0 Å². The molecule has 0 saturated carbocycles. The van der Waals surface area contributed by atoms with Gasteiger partial charge in [0.15, 0.2) is 0 Å². The highest BCUT2D eigenvalue weighted by Crippen LogP contribution is 2.40. The van der Waals surface area contributed by atoms with Crippen molar-refractivity contribution in [3.63, 3.8) is 0 Å². The van der Waals surface area contributed by atoms with Gasteiger partial charge in [-0.3, -0.25) is 9.59 Å². The molecule has 1 heterocycles. The normalized spacial score (nSPS) is 18.3. The maximum absolute atomic E-state index is 13.5. The largest absolute Gasteiger partial charge is 0.507 e. The van der Waals surface area contributed by atoms with Crippen molar-refractivity contribution in [3.05, 3.63) is 70.5 Å². The van der Waals surface area contributed by atoms with Crippen LogP contribution in [-0.2, 0) is 19.7 Å². The van der Waals surface area contributed by atoms with E-state index in [0.717, 1.165) is 5.56 Å². The zero-order valence-corrected chi connectivity index (χ0v) is 18.9. The third-order valence-corrected chi connectivity index (χ3v) is 5.54. The van der Waals surface area contributed by atoms with Gasteiger partial charge in [-0.15, -0.1) is 0 Å². The quantitative estimate of drug-likeness (QED) is 0.413. The number of Topliss-reactive ketones (excluding diaryl/α,β-unsaturated/α-hetero) is 1. The second-order valence-electron chi connectivity index (χ2n) is 8.70. The average Bonchev–Trinajstić information content (AvgIpc) is 3.01. The predicted molar refractivity (Wildman–Crippen MR) is 119 cm³/mol. The number of carbonyl (C=O) groups is 2. The minimum absolute atomic E-state index is 0.0391. The molecule has 0 radical (unpaired) electrons. The zero-order valence-electron chi connectivity index (χ0n) is 18.9. The standard InChI is InChI=1S/C25H28FNO5/c1-25(2,3)18-14-16(8-11-19(18)32-5)22(28)20-21(15-6-9-17(26)10-7-15)27(12-13-31-4)24(30)23(20)29/h6-11,14,21,28H,12-13H2,1-5H3/b22-20-. The SMILES string of the molecule is COCCN1C(=O)C(=O)/C(=C(\O)c2ccc(OC)c(C(C)(C)C)c2)C1c1ccc(F)cc1. The van der Waals surface area contributed by atoms with Crippen molar-refractivity contribution in [2.45, 2.75) is 32.2 Å². The number of nitrogens with zero attached hydrogens (tertiary/aromatic N) is 1. The minimum Gasteiger partial charge on any atom is -0.507 e. The zero-order chi connectivity index (χ0) is 23.6. The van der Waals surface area contributed by atoms with Gasteiger partial charge in [0.2, 0.25) is 0 Å². The number of likely N-dealkylation sites (tertiary alicyclic amines) is 1. The fraction of sp³-hybridized carbons (Fsp3) is 0.360. The van der Waals surface area contributed by atoms with Gasteiger partial charge in [-0.25, -0.2) is 4.39 Å². The summed E-state index contributed by atoms with van der Waals surface area (Å²) >= 11 is 0. The molecule has 1 aliphatic heterocycles. The van der Waals surface area contributed by atoms with Crippen LogP contribution >= 0.6 is 0 Å². The average molecular weight is 441 g/mol. The van der Waals surface area contributed by atoms with Gasteiger partial charge < -0.3 is 19.5 Å². The summed E-state index contributed by atoms with van der Waals surface area (Å²) in [6.07, 6.45) is 0. The van der Waals surface area contributed by atoms with Gasteiger partial charge in [-0.1, -0.05) is 32.9 Å². The highest BCUT2D eigenvalue weighted by atomic mass is 19.1. The van der Waals surface area contributed by atoms with E-state index in [1.54, 1.807) is 25.3 Å². The number of amides is 1. The molecule has 7 heteroatoms. The molecule has 0 bridgehead atoms. The van der Waals surface area contributed by atoms with Gasteiger partial charge in [0, 0.05) is 24.8 Å². The van der Waals surface area contributed by atoms with Crippen LogP contribution < -0.4 is 4.74 Å². The van der Waals surface area contributed by atoms with Crippen LogP contribution in [0.15, 0.2) is 48.0 Å². The Hall–Kier alpha value is -3.19. The van der Waals surface area contributed by atoms with Crippen molar-refractivity contribution in [2.75, 3.05) is 27.4 Å². The Kier molecular flexibility index (Phi) is 6.69. The van der Waals surface area contributed by atoms with Crippen LogP contribution in [0.5, 0.6) is 5.75 Å². The first-order valence-corrected chi connectivity index (χ1v) is 10.3. The van der Waals surface area contributed by atoms with Gasteiger partial charge in [0.1, 0.15) is 17.3 Å². The van der Waals surface area contributed by atoms with Crippen LogP contribution in [-0.4, -0.2) is 49.1 Å². The van der Waals surface area contributed by atoms with Crippen molar-refractivity contribution in [3.8, 4) is 5.75 Å². The molecule has 2 aromatic rings. The maximum Gasteiger partial charge on any atom is 0.295 e. The van der Waals surface area contributed by atoms with E-state index in [1.807, 2.05) is 20.8 Å². The molecule has 1 fully saturated rings. The molecule has 32 heavy (non-hydrogen) atoms. The van der Waals surface area contributed by atoms with Crippen molar-refractivity contribution in [1.82, 2.24) is 4.90 Å². The highest BCUT2D eigenvalue weighted by molar-refractivity contribution is 6.46. The fourth-order valence-corrected chi connectivity index (χ4v) is 3.89. The fourth-order valence-electron chi connectivity index (χ4n) is 3.89. The first-order valence-electron chi connectivity index (χ1n) is 10.3. The summed E-state index contributed by atoms with van der Waals surface area (Å²) in [5.74, 6) is -1.59. The van der Waals surface area contributed by atoms with Crippen LogP contribution in [0.2, 0.25) is 0 Å². The monoisotopic (exact) mass is 441 g/mol. The number of aliphatic hydroxyl groups excluding tert-OH is 1. The number of aliphatic hydroxyl groups is 1. The topological polar surface area (TPSA) is 76.1 Å². The van der Waals surface area contributed by atoms with E-state index >= 15 is 0 Å². The number of methoxy groups -OCH3 is 2. The van der Waals surface area contributed by atoms with Crippen LogP contribution in [0.1, 0.15) is 43.5 Å². The lowest BCUT2D eigenvalue weighted by Gasteiger charge is -2.25. The molecule has 0 spiro atoms. The van der Waals surface area contributed by atoms with E-state index in [9.17, 15) is 19.1 Å². The summed E-state index contributed by atoms with van der Waals surface area (Å²) in [7, 11) is 3.06. The van der Waals surface area contributed by atoms with Crippen LogP contribution in [0.3, 0.4) is 0 Å². The molecule has 170 valence electrons. The number of hydrogen-bond acceptors (Lipinski definition) is 5.